The van der Waals surface area contributed by atoms with Crippen LogP contribution in [0.1, 0.15) is 84.0 Å². The van der Waals surface area contributed by atoms with Crippen LogP contribution in [0.3, 0.4) is 0 Å². The zero-order valence-corrected chi connectivity index (χ0v) is 13.5. The number of hydrogen-bond acceptors (Lipinski definition) is 3. The van der Waals surface area contributed by atoms with Crippen LogP contribution in [-0.4, -0.2) is 36.1 Å². The molecule has 2 N–H and O–H groups in total. The summed E-state index contributed by atoms with van der Waals surface area (Å²) in [5.74, 6) is 0. The molecular formula is C17H36O3. The van der Waals surface area contributed by atoms with Gasteiger partial charge in [-0.25, -0.2) is 0 Å². The molecule has 0 heterocycles. The lowest BCUT2D eigenvalue weighted by Crippen LogP contribution is -2.19. The number of hydrogen-bond donors (Lipinski definition) is 2. The predicted molar refractivity (Wildman–Crippen MR) is 85.0 cm³/mol. The second-order valence-corrected chi connectivity index (χ2v) is 5.80. The summed E-state index contributed by atoms with van der Waals surface area (Å²) in [6.45, 7) is 3.02. The smallest absolute Gasteiger partial charge is 0.100 e. The minimum atomic E-state index is -0.715. The first-order chi connectivity index (χ1) is 9.81. The maximum Gasteiger partial charge on any atom is 0.100 e. The van der Waals surface area contributed by atoms with E-state index in [1.807, 2.05) is 0 Å². The van der Waals surface area contributed by atoms with Crippen LogP contribution in [0, 0.1) is 0 Å². The molecule has 0 unspecified atom stereocenters. The summed E-state index contributed by atoms with van der Waals surface area (Å²) in [5, 5.41) is 17.7. The van der Waals surface area contributed by atoms with Crippen LogP contribution < -0.4 is 0 Å². The van der Waals surface area contributed by atoms with E-state index in [1.54, 1.807) is 0 Å². The molecule has 0 rings (SSSR count). The molecule has 3 nitrogen and oxygen atoms in total. The van der Waals surface area contributed by atoms with Crippen molar-refractivity contribution in [3.8, 4) is 0 Å². The van der Waals surface area contributed by atoms with Crippen molar-refractivity contribution < 1.29 is 14.9 Å². The van der Waals surface area contributed by atoms with E-state index in [0.717, 1.165) is 6.42 Å². The third-order valence-corrected chi connectivity index (χ3v) is 3.66. The lowest BCUT2D eigenvalue weighted by atomic mass is 10.1. The zero-order valence-electron chi connectivity index (χ0n) is 13.5. The molecule has 122 valence electrons. The van der Waals surface area contributed by atoms with E-state index in [0.29, 0.717) is 6.61 Å². The monoisotopic (exact) mass is 288 g/mol. The van der Waals surface area contributed by atoms with Gasteiger partial charge in [-0.2, -0.15) is 0 Å². The van der Waals surface area contributed by atoms with E-state index >= 15 is 0 Å². The minimum absolute atomic E-state index is 0.210. The van der Waals surface area contributed by atoms with E-state index in [-0.39, 0.29) is 13.2 Å². The molecule has 0 saturated carbocycles. The Morgan fingerprint density at radius 3 is 1.65 bits per heavy atom. The largest absolute Gasteiger partial charge is 0.394 e. The van der Waals surface area contributed by atoms with Gasteiger partial charge in [0, 0.05) is 6.61 Å². The maximum atomic E-state index is 9.07. The summed E-state index contributed by atoms with van der Waals surface area (Å²) in [5.41, 5.74) is 0. The molecule has 0 aliphatic carbocycles. The number of rotatable bonds is 16. The fraction of sp³-hybridized carbons (Fsp3) is 1.00. The first kappa shape index (κ1) is 19.9. The first-order valence-electron chi connectivity index (χ1n) is 8.68. The Morgan fingerprint density at radius 2 is 1.20 bits per heavy atom. The summed E-state index contributed by atoms with van der Waals surface area (Å²) in [6, 6.07) is 0. The Hall–Kier alpha value is -0.120. The molecule has 0 saturated heterocycles. The van der Waals surface area contributed by atoms with E-state index in [1.165, 1.54) is 70.6 Å². The third-order valence-electron chi connectivity index (χ3n) is 3.66. The van der Waals surface area contributed by atoms with Crippen molar-refractivity contribution in [3.05, 3.63) is 0 Å². The van der Waals surface area contributed by atoms with Crippen molar-refractivity contribution in [1.82, 2.24) is 0 Å². The standard InChI is InChI=1S/C17H36O3/c1-2-3-4-5-6-7-8-9-10-11-12-13-14-20-16-17(19)15-18/h17-19H,2-16H2,1H3/t17-/m1/s1. The van der Waals surface area contributed by atoms with E-state index in [2.05, 4.69) is 6.92 Å². The van der Waals surface area contributed by atoms with Gasteiger partial charge in [-0.15, -0.1) is 0 Å². The van der Waals surface area contributed by atoms with Gasteiger partial charge in [0.2, 0.25) is 0 Å². The molecule has 0 fully saturated rings. The highest BCUT2D eigenvalue weighted by molar-refractivity contribution is 4.50. The van der Waals surface area contributed by atoms with Crippen LogP contribution in [0.5, 0.6) is 0 Å². The fourth-order valence-corrected chi connectivity index (χ4v) is 2.32. The number of unbranched alkanes of at least 4 members (excludes halogenated alkanes) is 11. The van der Waals surface area contributed by atoms with Gasteiger partial charge in [-0.05, 0) is 6.42 Å². The van der Waals surface area contributed by atoms with Crippen LogP contribution >= 0.6 is 0 Å². The van der Waals surface area contributed by atoms with Gasteiger partial charge in [0.15, 0.2) is 0 Å². The Labute approximate surface area is 125 Å². The normalized spacial score (nSPS) is 12.8. The molecular weight excluding hydrogens is 252 g/mol. The van der Waals surface area contributed by atoms with Gasteiger partial charge in [0.1, 0.15) is 6.10 Å². The quantitative estimate of drug-likeness (QED) is 0.421. The maximum absolute atomic E-state index is 9.07. The average molecular weight is 288 g/mol. The second kappa shape index (κ2) is 16.9. The predicted octanol–water partition coefficient (Wildman–Crippen LogP) is 4.06. The summed E-state index contributed by atoms with van der Waals surface area (Å²) in [6.07, 6.45) is 15.4. The Bertz CT molecular complexity index is 174. The molecule has 0 bridgehead atoms. The Kier molecular flexibility index (Phi) is 16.8. The van der Waals surface area contributed by atoms with E-state index in [9.17, 15) is 0 Å². The average Bonchev–Trinajstić information content (AvgIpc) is 2.47. The van der Waals surface area contributed by atoms with E-state index in [4.69, 9.17) is 14.9 Å². The topological polar surface area (TPSA) is 49.7 Å². The van der Waals surface area contributed by atoms with Gasteiger partial charge < -0.3 is 14.9 Å². The highest BCUT2D eigenvalue weighted by Gasteiger charge is 2.00. The summed E-state index contributed by atoms with van der Waals surface area (Å²) >= 11 is 0. The Balaban J connectivity index is 2.96. The summed E-state index contributed by atoms with van der Waals surface area (Å²) < 4.78 is 5.27. The molecule has 0 spiro atoms. The molecule has 20 heavy (non-hydrogen) atoms. The molecule has 0 aromatic carbocycles. The van der Waals surface area contributed by atoms with Crippen LogP contribution in [0.15, 0.2) is 0 Å². The van der Waals surface area contributed by atoms with Crippen molar-refractivity contribution in [1.29, 1.82) is 0 Å². The molecule has 0 aromatic heterocycles. The van der Waals surface area contributed by atoms with Crippen LogP contribution in [0.4, 0.5) is 0 Å². The Morgan fingerprint density at radius 1 is 0.750 bits per heavy atom. The van der Waals surface area contributed by atoms with Crippen molar-refractivity contribution in [2.24, 2.45) is 0 Å². The molecule has 0 aromatic rings. The van der Waals surface area contributed by atoms with Crippen molar-refractivity contribution >= 4 is 0 Å². The third kappa shape index (κ3) is 15.9. The van der Waals surface area contributed by atoms with Crippen molar-refractivity contribution in [2.75, 3.05) is 19.8 Å². The molecule has 3 heteroatoms. The molecule has 0 aliphatic heterocycles. The van der Waals surface area contributed by atoms with Crippen LogP contribution in [-0.2, 0) is 4.74 Å². The van der Waals surface area contributed by atoms with E-state index < -0.39 is 6.10 Å². The lowest BCUT2D eigenvalue weighted by Gasteiger charge is -2.08. The molecule has 0 aliphatic rings. The number of ether oxygens (including phenoxy) is 1. The first-order valence-corrected chi connectivity index (χ1v) is 8.68. The molecule has 0 radical (unpaired) electrons. The molecule has 0 amide bonds. The number of aliphatic hydroxyl groups excluding tert-OH is 2. The summed E-state index contributed by atoms with van der Waals surface area (Å²) in [4.78, 5) is 0. The fourth-order valence-electron chi connectivity index (χ4n) is 2.32. The van der Waals surface area contributed by atoms with Crippen molar-refractivity contribution in [2.45, 2.75) is 90.1 Å². The lowest BCUT2D eigenvalue weighted by molar-refractivity contribution is 0.00526. The molecule has 1 atom stereocenters. The van der Waals surface area contributed by atoms with Gasteiger partial charge >= 0.3 is 0 Å². The van der Waals surface area contributed by atoms with Crippen molar-refractivity contribution in [3.63, 3.8) is 0 Å². The van der Waals surface area contributed by atoms with Crippen LogP contribution in [0.2, 0.25) is 0 Å². The minimum Gasteiger partial charge on any atom is -0.394 e. The van der Waals surface area contributed by atoms with Gasteiger partial charge in [-0.1, -0.05) is 77.6 Å². The highest BCUT2D eigenvalue weighted by Crippen LogP contribution is 2.11. The highest BCUT2D eigenvalue weighted by atomic mass is 16.5. The SMILES string of the molecule is CCCCCCCCCCCCCCOC[C@H](O)CO. The summed E-state index contributed by atoms with van der Waals surface area (Å²) in [7, 11) is 0. The van der Waals surface area contributed by atoms with Gasteiger partial charge in [-0.3, -0.25) is 0 Å². The van der Waals surface area contributed by atoms with Gasteiger partial charge in [0.05, 0.1) is 13.2 Å². The number of aliphatic hydroxyl groups is 2. The van der Waals surface area contributed by atoms with Crippen LogP contribution in [0.25, 0.3) is 0 Å². The second-order valence-electron chi connectivity index (χ2n) is 5.80. The zero-order chi connectivity index (χ0) is 14.9. The van der Waals surface area contributed by atoms with Gasteiger partial charge in [0.25, 0.3) is 0 Å².